The van der Waals surface area contributed by atoms with E-state index in [1.54, 1.807) is 0 Å². The number of rotatable bonds is 10. The van der Waals surface area contributed by atoms with Gasteiger partial charge >= 0.3 is 5.97 Å². The lowest BCUT2D eigenvalue weighted by molar-refractivity contribution is -0.663. The summed E-state index contributed by atoms with van der Waals surface area (Å²) in [6.07, 6.45) is 1.93. The van der Waals surface area contributed by atoms with Crippen LogP contribution in [-0.4, -0.2) is 36.2 Å². The van der Waals surface area contributed by atoms with Crippen molar-refractivity contribution in [3.8, 4) is 0 Å². The number of hydrogen-bond acceptors (Lipinski definition) is 4. The minimum atomic E-state index is -0.889. The van der Waals surface area contributed by atoms with E-state index in [0.29, 0.717) is 13.2 Å². The average Bonchev–Trinajstić information content (AvgIpc) is 3.21. The highest BCUT2D eigenvalue weighted by molar-refractivity contribution is 5.85. The second-order valence-corrected chi connectivity index (χ2v) is 7.99. The van der Waals surface area contributed by atoms with Gasteiger partial charge in [-0.25, -0.2) is 13.9 Å². The van der Waals surface area contributed by atoms with Crippen molar-refractivity contribution in [2.45, 2.75) is 25.7 Å². The monoisotopic (exact) mass is 458 g/mol. The SMILES string of the molecule is COC(=O)[C@H](COCc1ccccc1)NC(=O)Cn1c[n+](Cc2ccccc2)c2ccccc21. The highest BCUT2D eigenvalue weighted by atomic mass is 16.5. The van der Waals surface area contributed by atoms with Crippen LogP contribution in [0.1, 0.15) is 11.1 Å². The predicted octanol–water partition coefficient (Wildman–Crippen LogP) is 2.85. The molecule has 174 valence electrons. The molecular formula is C27H28N3O4+. The third-order valence-corrected chi connectivity index (χ3v) is 5.51. The molecule has 1 N–H and O–H groups in total. The van der Waals surface area contributed by atoms with Crippen LogP contribution in [0.3, 0.4) is 0 Å². The van der Waals surface area contributed by atoms with E-state index in [9.17, 15) is 9.59 Å². The highest BCUT2D eigenvalue weighted by Crippen LogP contribution is 2.12. The molecule has 0 saturated carbocycles. The van der Waals surface area contributed by atoms with Crippen LogP contribution in [0.2, 0.25) is 0 Å². The Balaban J connectivity index is 1.44. The van der Waals surface area contributed by atoms with Gasteiger partial charge in [0.25, 0.3) is 5.91 Å². The third kappa shape index (κ3) is 5.88. The summed E-state index contributed by atoms with van der Waals surface area (Å²) < 4.78 is 14.5. The Hall–Kier alpha value is -3.97. The fourth-order valence-electron chi connectivity index (χ4n) is 3.85. The Bertz CT molecular complexity index is 1240. The van der Waals surface area contributed by atoms with E-state index in [4.69, 9.17) is 9.47 Å². The number of carbonyl (C=O) groups is 2. The normalized spacial score (nSPS) is 11.8. The van der Waals surface area contributed by atoms with Crippen molar-refractivity contribution in [1.82, 2.24) is 9.88 Å². The van der Waals surface area contributed by atoms with Crippen LogP contribution in [0.5, 0.6) is 0 Å². The first-order valence-electron chi connectivity index (χ1n) is 11.1. The number of para-hydroxylation sites is 2. The molecular weight excluding hydrogens is 430 g/mol. The van der Waals surface area contributed by atoms with Crippen LogP contribution in [-0.2, 0) is 38.8 Å². The molecule has 1 heterocycles. The second kappa shape index (κ2) is 11.2. The van der Waals surface area contributed by atoms with Gasteiger partial charge in [0.15, 0.2) is 23.6 Å². The number of imidazole rings is 1. The van der Waals surface area contributed by atoms with E-state index in [1.807, 2.05) is 83.7 Å². The Labute approximate surface area is 198 Å². The Morgan fingerprint density at radius 1 is 0.912 bits per heavy atom. The van der Waals surface area contributed by atoms with Crippen molar-refractivity contribution >= 4 is 22.9 Å². The van der Waals surface area contributed by atoms with E-state index >= 15 is 0 Å². The van der Waals surface area contributed by atoms with Crippen molar-refractivity contribution < 1.29 is 23.6 Å². The Morgan fingerprint density at radius 2 is 1.56 bits per heavy atom. The van der Waals surface area contributed by atoms with Crippen molar-refractivity contribution in [1.29, 1.82) is 0 Å². The number of methoxy groups -OCH3 is 1. The zero-order chi connectivity index (χ0) is 23.8. The smallest absolute Gasteiger partial charge is 0.330 e. The topological polar surface area (TPSA) is 73.4 Å². The first-order chi connectivity index (χ1) is 16.6. The molecule has 0 saturated heterocycles. The predicted molar refractivity (Wildman–Crippen MR) is 128 cm³/mol. The van der Waals surface area contributed by atoms with Gasteiger partial charge in [0.1, 0.15) is 6.54 Å². The van der Waals surface area contributed by atoms with Gasteiger partial charge in [-0.05, 0) is 23.3 Å². The van der Waals surface area contributed by atoms with Crippen molar-refractivity contribution in [2.75, 3.05) is 13.7 Å². The largest absolute Gasteiger partial charge is 0.467 e. The first kappa shape index (κ1) is 23.2. The summed E-state index contributed by atoms with van der Waals surface area (Å²) in [6.45, 7) is 1.11. The maximum absolute atomic E-state index is 12.9. The van der Waals surface area contributed by atoms with E-state index in [-0.39, 0.29) is 19.1 Å². The van der Waals surface area contributed by atoms with Gasteiger partial charge in [-0.1, -0.05) is 72.8 Å². The van der Waals surface area contributed by atoms with Crippen molar-refractivity contribution in [3.05, 3.63) is 102 Å². The minimum absolute atomic E-state index is 0.0216. The van der Waals surface area contributed by atoms with E-state index in [2.05, 4.69) is 22.0 Å². The van der Waals surface area contributed by atoms with Gasteiger partial charge in [0.2, 0.25) is 6.33 Å². The fraction of sp³-hybridized carbons (Fsp3) is 0.222. The van der Waals surface area contributed by atoms with Gasteiger partial charge in [0.05, 0.1) is 20.3 Å². The zero-order valence-electron chi connectivity index (χ0n) is 19.1. The summed E-state index contributed by atoms with van der Waals surface area (Å²) >= 11 is 0. The summed E-state index contributed by atoms with van der Waals surface area (Å²) in [7, 11) is 1.30. The fourth-order valence-corrected chi connectivity index (χ4v) is 3.85. The molecule has 0 aliphatic carbocycles. The van der Waals surface area contributed by atoms with Gasteiger partial charge in [-0.3, -0.25) is 4.79 Å². The van der Waals surface area contributed by atoms with Crippen LogP contribution >= 0.6 is 0 Å². The minimum Gasteiger partial charge on any atom is -0.467 e. The molecule has 0 bridgehead atoms. The maximum atomic E-state index is 12.9. The molecule has 7 nitrogen and oxygen atoms in total. The van der Waals surface area contributed by atoms with Crippen molar-refractivity contribution in [2.24, 2.45) is 0 Å². The maximum Gasteiger partial charge on any atom is 0.330 e. The number of amides is 1. The lowest BCUT2D eigenvalue weighted by atomic mass is 10.2. The van der Waals surface area contributed by atoms with E-state index in [1.165, 1.54) is 12.7 Å². The van der Waals surface area contributed by atoms with Gasteiger partial charge < -0.3 is 14.8 Å². The van der Waals surface area contributed by atoms with Gasteiger partial charge in [-0.2, -0.15) is 0 Å². The molecule has 0 unspecified atom stereocenters. The van der Waals surface area contributed by atoms with E-state index < -0.39 is 12.0 Å². The van der Waals surface area contributed by atoms with Crippen LogP contribution in [0, 0.1) is 0 Å². The molecule has 0 aliphatic heterocycles. The summed E-state index contributed by atoms with van der Waals surface area (Å²) in [5.41, 5.74) is 4.11. The number of esters is 1. The van der Waals surface area contributed by atoms with Gasteiger partial charge in [0, 0.05) is 0 Å². The van der Waals surface area contributed by atoms with Crippen LogP contribution < -0.4 is 9.88 Å². The van der Waals surface area contributed by atoms with E-state index in [0.717, 1.165) is 16.6 Å². The molecule has 34 heavy (non-hydrogen) atoms. The molecule has 4 aromatic rings. The Kier molecular flexibility index (Phi) is 7.67. The quantitative estimate of drug-likeness (QED) is 0.293. The summed E-state index contributed by atoms with van der Waals surface area (Å²) in [4.78, 5) is 25.1. The molecule has 0 spiro atoms. The zero-order valence-corrected chi connectivity index (χ0v) is 19.1. The van der Waals surface area contributed by atoms with Crippen molar-refractivity contribution in [3.63, 3.8) is 0 Å². The van der Waals surface area contributed by atoms with Crippen LogP contribution in [0.25, 0.3) is 11.0 Å². The standard InChI is InChI=1S/C27H27N3O4/c1-33-27(32)23(19-34-18-22-12-6-3-7-13-22)28-26(31)17-30-20-29(16-21-10-4-2-5-11-21)24-14-8-9-15-25(24)30/h2-15,20,23H,16-19H2,1H3/p+1/t23-/m0/s1. The van der Waals surface area contributed by atoms with Gasteiger partial charge in [-0.15, -0.1) is 0 Å². The molecule has 1 amide bonds. The highest BCUT2D eigenvalue weighted by Gasteiger charge is 2.24. The number of ether oxygens (including phenoxy) is 2. The third-order valence-electron chi connectivity index (χ3n) is 5.51. The number of nitrogens with zero attached hydrogens (tertiary/aromatic N) is 2. The van der Waals surface area contributed by atoms with Crippen LogP contribution in [0.15, 0.2) is 91.3 Å². The molecule has 0 aliphatic rings. The summed E-state index contributed by atoms with van der Waals surface area (Å²) in [6, 6.07) is 26.8. The molecule has 1 atom stereocenters. The summed E-state index contributed by atoms with van der Waals surface area (Å²) in [5.74, 6) is -0.843. The molecule has 0 radical (unpaired) electrons. The summed E-state index contributed by atoms with van der Waals surface area (Å²) in [5, 5.41) is 2.76. The second-order valence-electron chi connectivity index (χ2n) is 7.99. The molecule has 7 heteroatoms. The molecule has 1 aromatic heterocycles. The number of benzene rings is 3. The lowest BCUT2D eigenvalue weighted by Crippen LogP contribution is -2.46. The number of aromatic nitrogens is 2. The molecule has 4 rings (SSSR count). The van der Waals surface area contributed by atoms with Crippen LogP contribution in [0.4, 0.5) is 0 Å². The number of fused-ring (bicyclic) bond motifs is 1. The number of carbonyl (C=O) groups excluding carboxylic acids is 2. The average molecular weight is 459 g/mol. The number of hydrogen-bond donors (Lipinski definition) is 1. The molecule has 0 fully saturated rings. The molecule has 3 aromatic carbocycles. The lowest BCUT2D eigenvalue weighted by Gasteiger charge is -2.16. The Morgan fingerprint density at radius 3 is 2.26 bits per heavy atom. The first-order valence-corrected chi connectivity index (χ1v) is 11.1. The number of nitrogens with one attached hydrogen (secondary N) is 1.